The molecule has 1 aromatic carbocycles. The average Bonchev–Trinajstić information content (AvgIpc) is 2.92. The minimum absolute atomic E-state index is 0.212. The molecule has 1 amide bonds. The summed E-state index contributed by atoms with van der Waals surface area (Å²) in [7, 11) is 0. The number of aromatic amines is 1. The van der Waals surface area contributed by atoms with Gasteiger partial charge in [-0.1, -0.05) is 19.1 Å². The van der Waals surface area contributed by atoms with Crippen LogP contribution in [-0.2, 0) is 9.53 Å². The van der Waals surface area contributed by atoms with Gasteiger partial charge in [0.15, 0.2) is 6.61 Å². The summed E-state index contributed by atoms with van der Waals surface area (Å²) in [4.78, 5) is 30.1. The SMILES string of the molecule is CC1CCN(C(=O)COC(=O)c2cc(Br)c[nH]2)c2ccccc2S1. The first-order valence-corrected chi connectivity index (χ1v) is 9.29. The number of H-pyrrole nitrogens is 1. The number of para-hydroxylation sites is 1. The van der Waals surface area contributed by atoms with Crippen molar-refractivity contribution in [2.24, 2.45) is 0 Å². The molecule has 1 aromatic heterocycles. The van der Waals surface area contributed by atoms with E-state index in [1.165, 1.54) is 0 Å². The van der Waals surface area contributed by atoms with Gasteiger partial charge in [-0.3, -0.25) is 4.79 Å². The first kappa shape index (κ1) is 17.1. The van der Waals surface area contributed by atoms with E-state index in [1.54, 1.807) is 28.9 Å². The summed E-state index contributed by atoms with van der Waals surface area (Å²) in [6.07, 6.45) is 2.53. The number of benzene rings is 1. The van der Waals surface area contributed by atoms with Crippen molar-refractivity contribution in [2.45, 2.75) is 23.5 Å². The van der Waals surface area contributed by atoms with Crippen molar-refractivity contribution in [3.63, 3.8) is 0 Å². The highest BCUT2D eigenvalue weighted by Crippen LogP contribution is 2.37. The fraction of sp³-hybridized carbons (Fsp3) is 0.294. The van der Waals surface area contributed by atoms with Crippen LogP contribution in [0.5, 0.6) is 0 Å². The van der Waals surface area contributed by atoms with Crippen molar-refractivity contribution in [2.75, 3.05) is 18.1 Å². The minimum Gasteiger partial charge on any atom is -0.451 e. The van der Waals surface area contributed by atoms with Crippen LogP contribution < -0.4 is 4.90 Å². The zero-order valence-corrected chi connectivity index (χ0v) is 15.5. The molecule has 1 unspecified atom stereocenters. The van der Waals surface area contributed by atoms with Crippen molar-refractivity contribution in [3.8, 4) is 0 Å². The van der Waals surface area contributed by atoms with Crippen molar-refractivity contribution in [3.05, 3.63) is 46.7 Å². The van der Waals surface area contributed by atoms with Gasteiger partial charge in [0.25, 0.3) is 5.91 Å². The molecule has 0 saturated heterocycles. The second-order valence-corrected chi connectivity index (χ2v) is 7.93. The molecular weight excluding hydrogens is 392 g/mol. The molecule has 0 spiro atoms. The monoisotopic (exact) mass is 408 g/mol. The van der Waals surface area contributed by atoms with Crippen LogP contribution in [0.2, 0.25) is 0 Å². The summed E-state index contributed by atoms with van der Waals surface area (Å²) in [5, 5.41) is 0.433. The van der Waals surface area contributed by atoms with E-state index in [-0.39, 0.29) is 12.5 Å². The van der Waals surface area contributed by atoms with E-state index >= 15 is 0 Å². The number of nitrogens with zero attached hydrogens (tertiary/aromatic N) is 1. The second kappa shape index (κ2) is 7.44. The number of aromatic nitrogens is 1. The summed E-state index contributed by atoms with van der Waals surface area (Å²) in [5.74, 6) is -0.754. The number of hydrogen-bond acceptors (Lipinski definition) is 4. The summed E-state index contributed by atoms with van der Waals surface area (Å²) >= 11 is 5.02. The summed E-state index contributed by atoms with van der Waals surface area (Å²) in [5.41, 5.74) is 1.20. The first-order chi connectivity index (χ1) is 11.5. The molecule has 24 heavy (non-hydrogen) atoms. The lowest BCUT2D eigenvalue weighted by atomic mass is 10.2. The van der Waals surface area contributed by atoms with Crippen LogP contribution in [0, 0.1) is 0 Å². The van der Waals surface area contributed by atoms with Gasteiger partial charge in [-0.15, -0.1) is 11.8 Å². The predicted octanol–water partition coefficient (Wildman–Crippen LogP) is 3.85. The van der Waals surface area contributed by atoms with E-state index < -0.39 is 5.97 Å². The standard InChI is InChI=1S/C17H17BrN2O3S/c1-11-6-7-20(14-4-2-3-5-15(14)24-11)16(21)10-23-17(22)13-8-12(18)9-19-13/h2-5,8-9,11,19H,6-7,10H2,1H3. The number of hydrogen-bond donors (Lipinski definition) is 1. The third kappa shape index (κ3) is 3.84. The molecule has 1 aliphatic heterocycles. The third-order valence-electron chi connectivity index (χ3n) is 3.74. The van der Waals surface area contributed by atoms with E-state index in [4.69, 9.17) is 4.74 Å². The van der Waals surface area contributed by atoms with Gasteiger partial charge in [0, 0.05) is 27.4 Å². The van der Waals surface area contributed by atoms with Gasteiger partial charge in [0.1, 0.15) is 5.69 Å². The Kier molecular flexibility index (Phi) is 5.30. The molecule has 1 N–H and O–H groups in total. The highest BCUT2D eigenvalue weighted by atomic mass is 79.9. The summed E-state index contributed by atoms with van der Waals surface area (Å²) in [6, 6.07) is 9.45. The van der Waals surface area contributed by atoms with E-state index in [2.05, 4.69) is 27.8 Å². The lowest BCUT2D eigenvalue weighted by Crippen LogP contribution is -2.35. The lowest BCUT2D eigenvalue weighted by molar-refractivity contribution is -0.121. The van der Waals surface area contributed by atoms with Crippen LogP contribution in [0.4, 0.5) is 5.69 Å². The normalized spacial score (nSPS) is 17.1. The largest absolute Gasteiger partial charge is 0.451 e. The van der Waals surface area contributed by atoms with Crippen molar-refractivity contribution < 1.29 is 14.3 Å². The Balaban J connectivity index is 1.69. The molecule has 0 aliphatic carbocycles. The number of ether oxygens (including phenoxy) is 1. The summed E-state index contributed by atoms with van der Waals surface area (Å²) in [6.45, 7) is 2.50. The average molecular weight is 409 g/mol. The van der Waals surface area contributed by atoms with Crippen LogP contribution in [0.25, 0.3) is 0 Å². The fourth-order valence-corrected chi connectivity index (χ4v) is 3.97. The number of carbonyl (C=O) groups excluding carboxylic acids is 2. The Morgan fingerprint density at radius 3 is 2.96 bits per heavy atom. The van der Waals surface area contributed by atoms with E-state index in [0.717, 1.165) is 21.5 Å². The molecular formula is C17H17BrN2O3S. The Hall–Kier alpha value is -1.73. The maximum absolute atomic E-state index is 12.6. The van der Waals surface area contributed by atoms with Gasteiger partial charge in [0.2, 0.25) is 0 Å². The molecule has 3 rings (SSSR count). The molecule has 2 heterocycles. The molecule has 7 heteroatoms. The molecule has 0 saturated carbocycles. The predicted molar refractivity (Wildman–Crippen MR) is 97.5 cm³/mol. The van der Waals surface area contributed by atoms with Gasteiger partial charge in [-0.25, -0.2) is 4.79 Å². The number of amides is 1. The van der Waals surface area contributed by atoms with Gasteiger partial charge in [-0.2, -0.15) is 0 Å². The molecule has 126 valence electrons. The quantitative estimate of drug-likeness (QED) is 0.783. The van der Waals surface area contributed by atoms with Crippen molar-refractivity contribution in [1.82, 2.24) is 4.98 Å². The summed E-state index contributed by atoms with van der Waals surface area (Å²) < 4.78 is 5.91. The minimum atomic E-state index is -0.542. The third-order valence-corrected chi connectivity index (χ3v) is 5.43. The number of esters is 1. The second-order valence-electron chi connectivity index (χ2n) is 5.54. The van der Waals surface area contributed by atoms with Gasteiger partial charge in [-0.05, 0) is 40.5 Å². The molecule has 5 nitrogen and oxygen atoms in total. The highest BCUT2D eigenvalue weighted by Gasteiger charge is 2.25. The highest BCUT2D eigenvalue weighted by molar-refractivity contribution is 9.10. The fourth-order valence-electron chi connectivity index (χ4n) is 2.51. The number of thioether (sulfide) groups is 1. The van der Waals surface area contributed by atoms with Crippen LogP contribution in [0.1, 0.15) is 23.8 Å². The zero-order chi connectivity index (χ0) is 17.1. The number of nitrogens with one attached hydrogen (secondary N) is 1. The van der Waals surface area contributed by atoms with Crippen molar-refractivity contribution >= 4 is 45.3 Å². The van der Waals surface area contributed by atoms with Gasteiger partial charge >= 0.3 is 5.97 Å². The van der Waals surface area contributed by atoms with E-state index in [0.29, 0.717) is 17.5 Å². The molecule has 1 aliphatic rings. The maximum atomic E-state index is 12.6. The Morgan fingerprint density at radius 1 is 1.42 bits per heavy atom. The number of fused-ring (bicyclic) bond motifs is 1. The Morgan fingerprint density at radius 2 is 2.21 bits per heavy atom. The zero-order valence-electron chi connectivity index (χ0n) is 13.1. The van der Waals surface area contributed by atoms with Gasteiger partial charge < -0.3 is 14.6 Å². The topological polar surface area (TPSA) is 62.4 Å². The number of halogens is 1. The van der Waals surface area contributed by atoms with Crippen molar-refractivity contribution in [1.29, 1.82) is 0 Å². The van der Waals surface area contributed by atoms with E-state index in [9.17, 15) is 9.59 Å². The lowest BCUT2D eigenvalue weighted by Gasteiger charge is -2.22. The van der Waals surface area contributed by atoms with Crippen LogP contribution >= 0.6 is 27.7 Å². The molecule has 2 aromatic rings. The van der Waals surface area contributed by atoms with Crippen LogP contribution in [0.15, 0.2) is 45.9 Å². The smallest absolute Gasteiger partial charge is 0.355 e. The van der Waals surface area contributed by atoms with Gasteiger partial charge in [0.05, 0.1) is 5.69 Å². The Bertz CT molecular complexity index is 762. The first-order valence-electron chi connectivity index (χ1n) is 7.61. The molecule has 1 atom stereocenters. The van der Waals surface area contributed by atoms with E-state index in [1.807, 2.05) is 24.3 Å². The molecule has 0 bridgehead atoms. The Labute approximate surface area is 152 Å². The number of anilines is 1. The number of rotatable bonds is 3. The molecule has 0 fully saturated rings. The van der Waals surface area contributed by atoms with Crippen LogP contribution in [-0.4, -0.2) is 35.3 Å². The maximum Gasteiger partial charge on any atom is 0.355 e. The molecule has 0 radical (unpaired) electrons. The number of carbonyl (C=O) groups is 2. The van der Waals surface area contributed by atoms with Crippen LogP contribution in [0.3, 0.4) is 0 Å².